The molecule has 0 bridgehead atoms. The highest BCUT2D eigenvalue weighted by molar-refractivity contribution is 7.10. The van der Waals surface area contributed by atoms with Crippen molar-refractivity contribution >= 4 is 34.6 Å². The number of amides is 2. The molecule has 1 atom stereocenters. The Hall–Kier alpha value is -3.65. The smallest absolute Gasteiger partial charge is 0.248 e. The molecule has 1 aromatic heterocycles. The zero-order valence-electron chi connectivity index (χ0n) is 22.1. The van der Waals surface area contributed by atoms with Crippen LogP contribution in [0.3, 0.4) is 0 Å². The molecule has 2 amide bonds. The lowest BCUT2D eigenvalue weighted by molar-refractivity contribution is -0.127. The van der Waals surface area contributed by atoms with Crippen molar-refractivity contribution in [2.24, 2.45) is 0 Å². The molecule has 8 heteroatoms. The Morgan fingerprint density at radius 2 is 1.74 bits per heavy atom. The number of anilines is 1. The molecule has 1 heterocycles. The van der Waals surface area contributed by atoms with Gasteiger partial charge in [0.15, 0.2) is 5.78 Å². The second kappa shape index (κ2) is 12.7. The first-order valence-electron chi connectivity index (χ1n) is 12.9. The molecule has 0 aliphatic heterocycles. The second-order valence-corrected chi connectivity index (χ2v) is 10.5. The van der Waals surface area contributed by atoms with Crippen LogP contribution in [0.15, 0.2) is 60.0 Å². The highest BCUT2D eigenvalue weighted by atomic mass is 32.1. The SMILES string of the molecule is COc1ccc([C@H](C(=O)NC2CCCCC2)N(C(=O)Cc2cccs2)c2ccc(C(C)=O)cc2)c(OC)c1. The number of hydrogen-bond acceptors (Lipinski definition) is 6. The largest absolute Gasteiger partial charge is 0.497 e. The van der Waals surface area contributed by atoms with E-state index in [4.69, 9.17) is 9.47 Å². The minimum atomic E-state index is -0.992. The third kappa shape index (κ3) is 6.42. The van der Waals surface area contributed by atoms with Crippen LogP contribution in [0.2, 0.25) is 0 Å². The van der Waals surface area contributed by atoms with Gasteiger partial charge >= 0.3 is 0 Å². The molecule has 1 aliphatic carbocycles. The first-order valence-corrected chi connectivity index (χ1v) is 13.8. The number of benzene rings is 2. The Balaban J connectivity index is 1.82. The van der Waals surface area contributed by atoms with Crippen LogP contribution in [0, 0.1) is 0 Å². The lowest BCUT2D eigenvalue weighted by Gasteiger charge is -2.34. The van der Waals surface area contributed by atoms with E-state index in [0.29, 0.717) is 28.3 Å². The fourth-order valence-electron chi connectivity index (χ4n) is 4.91. The van der Waals surface area contributed by atoms with Crippen LogP contribution in [0.4, 0.5) is 5.69 Å². The number of ketones is 1. The number of Topliss-reactive ketones (excluding diaryl/α,β-unsaturated/α-hetero) is 1. The molecule has 200 valence electrons. The summed E-state index contributed by atoms with van der Waals surface area (Å²) in [5.74, 6) is 0.457. The van der Waals surface area contributed by atoms with Gasteiger partial charge in [-0.05, 0) is 67.6 Å². The molecule has 1 saturated carbocycles. The number of carbonyl (C=O) groups is 3. The van der Waals surface area contributed by atoms with E-state index < -0.39 is 6.04 Å². The molecular weight excluding hydrogens is 500 g/mol. The van der Waals surface area contributed by atoms with E-state index in [1.807, 2.05) is 17.5 Å². The monoisotopic (exact) mass is 534 g/mol. The molecule has 0 spiro atoms. The maximum absolute atomic E-state index is 14.1. The van der Waals surface area contributed by atoms with E-state index in [2.05, 4.69) is 5.32 Å². The summed E-state index contributed by atoms with van der Waals surface area (Å²) in [5.41, 5.74) is 1.61. The van der Waals surface area contributed by atoms with E-state index in [1.165, 1.54) is 30.3 Å². The number of methoxy groups -OCH3 is 2. The third-order valence-corrected chi connectivity index (χ3v) is 7.80. The van der Waals surface area contributed by atoms with Crippen LogP contribution < -0.4 is 19.7 Å². The van der Waals surface area contributed by atoms with Crippen molar-refractivity contribution in [3.8, 4) is 11.5 Å². The minimum Gasteiger partial charge on any atom is -0.497 e. The Morgan fingerprint density at radius 3 is 2.34 bits per heavy atom. The number of carbonyl (C=O) groups excluding carboxylic acids is 3. The Kier molecular flexibility index (Phi) is 9.18. The normalized spacial score (nSPS) is 14.4. The van der Waals surface area contributed by atoms with Gasteiger partial charge in [-0.15, -0.1) is 11.3 Å². The lowest BCUT2D eigenvalue weighted by Crippen LogP contribution is -2.47. The van der Waals surface area contributed by atoms with E-state index in [9.17, 15) is 14.4 Å². The first-order chi connectivity index (χ1) is 18.4. The molecule has 7 nitrogen and oxygen atoms in total. The summed E-state index contributed by atoms with van der Waals surface area (Å²) in [4.78, 5) is 42.4. The van der Waals surface area contributed by atoms with Gasteiger partial charge in [0.2, 0.25) is 11.8 Å². The van der Waals surface area contributed by atoms with Crippen LogP contribution in [-0.4, -0.2) is 37.9 Å². The zero-order chi connectivity index (χ0) is 27.1. The highest BCUT2D eigenvalue weighted by Gasteiger charge is 2.36. The van der Waals surface area contributed by atoms with E-state index in [1.54, 1.807) is 49.6 Å². The maximum atomic E-state index is 14.1. The Bertz CT molecular complexity index is 1250. The fourth-order valence-corrected chi connectivity index (χ4v) is 5.61. The average molecular weight is 535 g/mol. The summed E-state index contributed by atoms with van der Waals surface area (Å²) in [6.07, 6.45) is 5.25. The van der Waals surface area contributed by atoms with Crippen molar-refractivity contribution in [2.75, 3.05) is 19.1 Å². The van der Waals surface area contributed by atoms with Crippen LogP contribution in [0.1, 0.15) is 65.9 Å². The van der Waals surface area contributed by atoms with Crippen molar-refractivity contribution in [3.05, 3.63) is 76.0 Å². The third-order valence-electron chi connectivity index (χ3n) is 6.92. The Morgan fingerprint density at radius 1 is 1.00 bits per heavy atom. The number of nitrogens with one attached hydrogen (secondary N) is 1. The number of rotatable bonds is 10. The van der Waals surface area contributed by atoms with Gasteiger partial charge in [0, 0.05) is 33.8 Å². The van der Waals surface area contributed by atoms with E-state index in [-0.39, 0.29) is 30.1 Å². The van der Waals surface area contributed by atoms with Crippen molar-refractivity contribution in [1.82, 2.24) is 5.32 Å². The number of thiophene rings is 1. The molecule has 2 aromatic carbocycles. The highest BCUT2D eigenvalue weighted by Crippen LogP contribution is 2.37. The predicted molar refractivity (Wildman–Crippen MR) is 149 cm³/mol. The quantitative estimate of drug-likeness (QED) is 0.336. The minimum absolute atomic E-state index is 0.0531. The van der Waals surface area contributed by atoms with Gasteiger partial charge in [0.25, 0.3) is 0 Å². The summed E-state index contributed by atoms with van der Waals surface area (Å²) in [5, 5.41) is 5.14. The molecule has 4 rings (SSSR count). The molecular formula is C30H34N2O5S. The first kappa shape index (κ1) is 27.4. The van der Waals surface area contributed by atoms with Crippen LogP contribution >= 0.6 is 11.3 Å². The molecule has 3 aromatic rings. The van der Waals surface area contributed by atoms with Gasteiger partial charge in [-0.2, -0.15) is 0 Å². The molecule has 1 N–H and O–H groups in total. The predicted octanol–water partition coefficient (Wildman–Crippen LogP) is 5.73. The number of hydrogen-bond donors (Lipinski definition) is 1. The van der Waals surface area contributed by atoms with Gasteiger partial charge in [-0.25, -0.2) is 0 Å². The van der Waals surface area contributed by atoms with Gasteiger partial charge in [-0.1, -0.05) is 25.3 Å². The summed E-state index contributed by atoms with van der Waals surface area (Å²) >= 11 is 1.49. The lowest BCUT2D eigenvalue weighted by atomic mass is 9.94. The average Bonchev–Trinajstić information content (AvgIpc) is 3.45. The molecule has 0 unspecified atom stereocenters. The van der Waals surface area contributed by atoms with Gasteiger partial charge < -0.3 is 14.8 Å². The fraction of sp³-hybridized carbons (Fsp3) is 0.367. The summed E-state index contributed by atoms with van der Waals surface area (Å²) in [6.45, 7) is 1.50. The zero-order valence-corrected chi connectivity index (χ0v) is 22.9. The van der Waals surface area contributed by atoms with Crippen molar-refractivity contribution < 1.29 is 23.9 Å². The molecule has 0 saturated heterocycles. The summed E-state index contributed by atoms with van der Waals surface area (Å²) in [7, 11) is 3.10. The summed E-state index contributed by atoms with van der Waals surface area (Å²) in [6, 6.07) is 14.9. The van der Waals surface area contributed by atoms with E-state index >= 15 is 0 Å². The Labute approximate surface area is 227 Å². The van der Waals surface area contributed by atoms with Gasteiger partial charge in [0.05, 0.1) is 20.6 Å². The van der Waals surface area contributed by atoms with Crippen molar-refractivity contribution in [3.63, 3.8) is 0 Å². The van der Waals surface area contributed by atoms with Crippen molar-refractivity contribution in [1.29, 1.82) is 0 Å². The van der Waals surface area contributed by atoms with Crippen molar-refractivity contribution in [2.45, 2.75) is 57.5 Å². The van der Waals surface area contributed by atoms with E-state index in [0.717, 1.165) is 37.0 Å². The maximum Gasteiger partial charge on any atom is 0.248 e. The summed E-state index contributed by atoms with van der Waals surface area (Å²) < 4.78 is 11.1. The molecule has 1 aliphatic rings. The molecule has 1 fully saturated rings. The number of ether oxygens (including phenoxy) is 2. The van der Waals surface area contributed by atoms with Crippen LogP contribution in [0.5, 0.6) is 11.5 Å². The van der Waals surface area contributed by atoms with Crippen LogP contribution in [-0.2, 0) is 16.0 Å². The van der Waals surface area contributed by atoms with Gasteiger partial charge in [0.1, 0.15) is 17.5 Å². The molecule has 0 radical (unpaired) electrons. The molecule has 38 heavy (non-hydrogen) atoms. The number of nitrogens with zero attached hydrogens (tertiary/aromatic N) is 1. The standard InChI is InChI=1S/C30H34N2O5S/c1-20(33)21-11-13-23(14-12-21)32(28(34)19-25-10-7-17-38-25)29(30(35)31-22-8-5-4-6-9-22)26-16-15-24(36-2)18-27(26)37-3/h7,10-18,22,29H,4-6,8-9,19H2,1-3H3,(H,31,35)/t29-/m1/s1. The second-order valence-electron chi connectivity index (χ2n) is 9.48. The van der Waals surface area contributed by atoms with Crippen LogP contribution in [0.25, 0.3) is 0 Å². The van der Waals surface area contributed by atoms with Gasteiger partial charge in [-0.3, -0.25) is 19.3 Å². The topological polar surface area (TPSA) is 84.9 Å².